The second-order valence-corrected chi connectivity index (χ2v) is 6.94. The van der Waals surface area contributed by atoms with Gasteiger partial charge in [0.05, 0.1) is 23.1 Å². The fraction of sp³-hybridized carbons (Fsp3) is 0.444. The number of aromatic nitrogens is 2. The van der Waals surface area contributed by atoms with Crippen LogP contribution in [-0.2, 0) is 0 Å². The normalized spacial score (nSPS) is 17.2. The monoisotopic (exact) mass is 382 g/mol. The van der Waals surface area contributed by atoms with Crippen molar-refractivity contribution in [3.05, 3.63) is 46.7 Å². The number of halogens is 2. The molecule has 1 amide bonds. The zero-order valence-corrected chi connectivity index (χ0v) is 16.0. The molecule has 7 heteroatoms. The van der Waals surface area contributed by atoms with E-state index >= 15 is 0 Å². The molecular formula is C18H24Cl2N4O. The first-order chi connectivity index (χ1) is 11.6. The van der Waals surface area contributed by atoms with Gasteiger partial charge in [0.1, 0.15) is 0 Å². The third-order valence-corrected chi connectivity index (χ3v) is 4.55. The molecule has 0 spiro atoms. The van der Waals surface area contributed by atoms with Gasteiger partial charge in [-0.05, 0) is 49.6 Å². The highest BCUT2D eigenvalue weighted by molar-refractivity contribution is 6.30. The molecule has 0 saturated carbocycles. The number of piperidine rings is 1. The second kappa shape index (κ2) is 8.70. The average Bonchev–Trinajstić information content (AvgIpc) is 3.02. The van der Waals surface area contributed by atoms with Crippen molar-refractivity contribution in [3.8, 4) is 5.69 Å². The van der Waals surface area contributed by atoms with E-state index in [2.05, 4.69) is 29.6 Å². The number of carbonyl (C=O) groups is 1. The van der Waals surface area contributed by atoms with Gasteiger partial charge >= 0.3 is 0 Å². The number of hydrogen-bond acceptors (Lipinski definition) is 3. The maximum Gasteiger partial charge on any atom is 0.255 e. The van der Waals surface area contributed by atoms with Crippen LogP contribution in [0.4, 0.5) is 0 Å². The molecule has 2 heterocycles. The van der Waals surface area contributed by atoms with Gasteiger partial charge in [-0.25, -0.2) is 4.68 Å². The Hall–Kier alpha value is -1.56. The zero-order valence-electron chi connectivity index (χ0n) is 14.5. The van der Waals surface area contributed by atoms with Crippen LogP contribution in [-0.4, -0.2) is 34.8 Å². The van der Waals surface area contributed by atoms with Crippen LogP contribution in [0.2, 0.25) is 5.02 Å². The number of amides is 1. The van der Waals surface area contributed by atoms with Crippen LogP contribution in [0.3, 0.4) is 0 Å². The van der Waals surface area contributed by atoms with Crippen LogP contribution in [0, 0.1) is 0 Å². The third-order valence-electron chi connectivity index (χ3n) is 4.30. The second-order valence-electron chi connectivity index (χ2n) is 6.50. The summed E-state index contributed by atoms with van der Waals surface area (Å²) in [4.78, 5) is 12.7. The predicted molar refractivity (Wildman–Crippen MR) is 103 cm³/mol. The maximum absolute atomic E-state index is 12.7. The number of carbonyl (C=O) groups excluding carboxylic acids is 1. The molecular weight excluding hydrogens is 359 g/mol. The molecule has 1 aliphatic heterocycles. The molecule has 136 valence electrons. The van der Waals surface area contributed by atoms with Crippen LogP contribution in [0.5, 0.6) is 0 Å². The van der Waals surface area contributed by atoms with Crippen molar-refractivity contribution in [2.75, 3.05) is 13.1 Å². The molecule has 3 rings (SSSR count). The van der Waals surface area contributed by atoms with Crippen molar-refractivity contribution >= 4 is 29.9 Å². The molecule has 0 aliphatic carbocycles. The lowest BCUT2D eigenvalue weighted by atomic mass is 10.0. The van der Waals surface area contributed by atoms with Crippen molar-refractivity contribution < 1.29 is 4.79 Å². The highest BCUT2D eigenvalue weighted by atomic mass is 35.5. The molecule has 1 fully saturated rings. The Morgan fingerprint density at radius 1 is 1.36 bits per heavy atom. The van der Waals surface area contributed by atoms with Crippen LogP contribution in [0.15, 0.2) is 30.5 Å². The third kappa shape index (κ3) is 4.54. The van der Waals surface area contributed by atoms with Crippen LogP contribution in [0.25, 0.3) is 5.69 Å². The quantitative estimate of drug-likeness (QED) is 0.849. The Labute approximate surface area is 159 Å². The number of rotatable bonds is 4. The summed E-state index contributed by atoms with van der Waals surface area (Å²) in [6, 6.07) is 7.67. The molecule has 2 aromatic rings. The summed E-state index contributed by atoms with van der Waals surface area (Å²) in [6.07, 6.45) is 3.77. The van der Waals surface area contributed by atoms with Crippen LogP contribution >= 0.6 is 24.0 Å². The molecule has 1 aromatic carbocycles. The Morgan fingerprint density at radius 2 is 2.08 bits per heavy atom. The van der Waals surface area contributed by atoms with Crippen molar-refractivity contribution in [2.24, 2.45) is 0 Å². The SMILES string of the molecule is CC(C)c1c(C(=O)NC2CCCNC2)cnn1-c1ccc(Cl)cc1.Cl. The minimum absolute atomic E-state index is 0. The largest absolute Gasteiger partial charge is 0.348 e. The van der Waals surface area contributed by atoms with Gasteiger partial charge < -0.3 is 10.6 Å². The first-order valence-electron chi connectivity index (χ1n) is 8.41. The van der Waals surface area contributed by atoms with E-state index in [-0.39, 0.29) is 30.3 Å². The first kappa shape index (κ1) is 19.8. The van der Waals surface area contributed by atoms with E-state index in [4.69, 9.17) is 11.6 Å². The molecule has 1 atom stereocenters. The van der Waals surface area contributed by atoms with Gasteiger partial charge in [0.25, 0.3) is 5.91 Å². The molecule has 25 heavy (non-hydrogen) atoms. The van der Waals surface area contributed by atoms with E-state index in [9.17, 15) is 4.79 Å². The molecule has 0 radical (unpaired) electrons. The summed E-state index contributed by atoms with van der Waals surface area (Å²) in [7, 11) is 0. The summed E-state index contributed by atoms with van der Waals surface area (Å²) in [5, 5.41) is 11.6. The highest BCUT2D eigenvalue weighted by Gasteiger charge is 2.23. The van der Waals surface area contributed by atoms with E-state index in [1.165, 1.54) is 0 Å². The first-order valence-corrected chi connectivity index (χ1v) is 8.79. The topological polar surface area (TPSA) is 59.0 Å². The number of hydrogen-bond donors (Lipinski definition) is 2. The predicted octanol–water partition coefficient (Wildman–Crippen LogP) is 3.55. The highest BCUT2D eigenvalue weighted by Crippen LogP contribution is 2.24. The fourth-order valence-electron chi connectivity index (χ4n) is 3.11. The summed E-state index contributed by atoms with van der Waals surface area (Å²) >= 11 is 5.97. The molecule has 0 bridgehead atoms. The van der Waals surface area contributed by atoms with Gasteiger partial charge in [-0.2, -0.15) is 5.10 Å². The molecule has 1 aromatic heterocycles. The Kier molecular flexibility index (Phi) is 6.87. The van der Waals surface area contributed by atoms with Crippen molar-refractivity contribution in [3.63, 3.8) is 0 Å². The molecule has 1 saturated heterocycles. The van der Waals surface area contributed by atoms with Gasteiger partial charge in [-0.3, -0.25) is 4.79 Å². The van der Waals surface area contributed by atoms with Gasteiger partial charge in [-0.15, -0.1) is 12.4 Å². The fourth-order valence-corrected chi connectivity index (χ4v) is 3.24. The standard InChI is InChI=1S/C18H23ClN4O.ClH/c1-12(2)17-16(18(24)22-14-4-3-9-20-10-14)11-21-23(17)15-7-5-13(19)6-8-15;/h5-8,11-12,14,20H,3-4,9-10H2,1-2H3,(H,22,24);1H. The van der Waals surface area contributed by atoms with E-state index in [1.54, 1.807) is 6.20 Å². The molecule has 5 nitrogen and oxygen atoms in total. The molecule has 1 aliphatic rings. The van der Waals surface area contributed by atoms with E-state index in [0.717, 1.165) is 37.3 Å². The summed E-state index contributed by atoms with van der Waals surface area (Å²) < 4.78 is 1.83. The number of nitrogens with one attached hydrogen (secondary N) is 2. The lowest BCUT2D eigenvalue weighted by Crippen LogP contribution is -2.45. The summed E-state index contributed by atoms with van der Waals surface area (Å²) in [5.41, 5.74) is 2.46. The minimum Gasteiger partial charge on any atom is -0.348 e. The Balaban J connectivity index is 0.00000225. The van der Waals surface area contributed by atoms with Crippen LogP contribution in [0.1, 0.15) is 48.7 Å². The van der Waals surface area contributed by atoms with E-state index in [0.29, 0.717) is 10.6 Å². The Morgan fingerprint density at radius 3 is 2.68 bits per heavy atom. The minimum atomic E-state index is -0.0485. The van der Waals surface area contributed by atoms with Gasteiger partial charge in [0.2, 0.25) is 0 Å². The molecule has 1 unspecified atom stereocenters. The maximum atomic E-state index is 12.7. The summed E-state index contributed by atoms with van der Waals surface area (Å²) in [6.45, 7) is 6.00. The zero-order chi connectivity index (χ0) is 17.1. The number of nitrogens with zero attached hydrogens (tertiary/aromatic N) is 2. The van der Waals surface area contributed by atoms with Crippen molar-refractivity contribution in [2.45, 2.75) is 38.6 Å². The lowest BCUT2D eigenvalue weighted by molar-refractivity contribution is 0.0929. The van der Waals surface area contributed by atoms with Gasteiger partial charge in [0, 0.05) is 17.6 Å². The smallest absolute Gasteiger partial charge is 0.255 e. The average molecular weight is 383 g/mol. The lowest BCUT2D eigenvalue weighted by Gasteiger charge is -2.24. The van der Waals surface area contributed by atoms with Crippen LogP contribution < -0.4 is 10.6 Å². The molecule has 2 N–H and O–H groups in total. The summed E-state index contributed by atoms with van der Waals surface area (Å²) in [5.74, 6) is 0.126. The van der Waals surface area contributed by atoms with Gasteiger partial charge in [-0.1, -0.05) is 25.4 Å². The Bertz CT molecular complexity index is 706. The van der Waals surface area contributed by atoms with Crippen molar-refractivity contribution in [1.29, 1.82) is 0 Å². The van der Waals surface area contributed by atoms with E-state index in [1.807, 2.05) is 28.9 Å². The number of benzene rings is 1. The van der Waals surface area contributed by atoms with Gasteiger partial charge in [0.15, 0.2) is 0 Å². The van der Waals surface area contributed by atoms with E-state index < -0.39 is 0 Å². The van der Waals surface area contributed by atoms with Crippen molar-refractivity contribution in [1.82, 2.24) is 20.4 Å².